The van der Waals surface area contributed by atoms with Gasteiger partial charge in [0.05, 0.1) is 12.2 Å². The number of nitrogens with zero attached hydrogens (tertiary/aromatic N) is 2. The number of nitrogens with two attached hydrogens (primary N) is 1. The molecule has 0 unspecified atom stereocenters. The maximum atomic E-state index is 12.2. The van der Waals surface area contributed by atoms with Gasteiger partial charge in [-0.2, -0.15) is 0 Å². The molecule has 1 aromatic rings. The summed E-state index contributed by atoms with van der Waals surface area (Å²) in [5, 5.41) is 0. The van der Waals surface area contributed by atoms with Gasteiger partial charge in [0.15, 0.2) is 0 Å². The summed E-state index contributed by atoms with van der Waals surface area (Å²) in [5.74, 6) is 2.43. The quantitative estimate of drug-likeness (QED) is 0.770. The second kappa shape index (κ2) is 6.66. The van der Waals surface area contributed by atoms with Crippen LogP contribution in [0.25, 0.3) is 0 Å². The lowest BCUT2D eigenvalue weighted by atomic mass is 10.2. The van der Waals surface area contributed by atoms with Crippen LogP contribution < -0.4 is 5.73 Å². The van der Waals surface area contributed by atoms with E-state index in [1.165, 1.54) is 0 Å². The Bertz CT molecular complexity index is 423. The Morgan fingerprint density at radius 3 is 3.00 bits per heavy atom. The molecule has 0 aliphatic carbocycles. The number of hydrogen-bond donors (Lipinski definition) is 1. The third kappa shape index (κ3) is 3.58. The van der Waals surface area contributed by atoms with Gasteiger partial charge in [-0.3, -0.25) is 9.78 Å². The van der Waals surface area contributed by atoms with Gasteiger partial charge in [-0.05, 0) is 18.6 Å². The lowest BCUT2D eigenvalue weighted by Gasteiger charge is -2.19. The van der Waals surface area contributed by atoms with Gasteiger partial charge in [0.25, 0.3) is 5.91 Å². The summed E-state index contributed by atoms with van der Waals surface area (Å²) in [6.45, 7) is 3.31. The summed E-state index contributed by atoms with van der Waals surface area (Å²) < 4.78 is 0. The number of carbonyl (C=O) groups excluding carboxylic acids is 1. The molecule has 0 saturated carbocycles. The minimum absolute atomic E-state index is 0.0677. The van der Waals surface area contributed by atoms with E-state index in [9.17, 15) is 4.79 Å². The van der Waals surface area contributed by atoms with Crippen molar-refractivity contribution < 1.29 is 4.79 Å². The molecule has 0 aliphatic heterocycles. The SMILES string of the molecule is C#CCN(CCC)C(=O)c1ccnc(CN)c1. The van der Waals surface area contributed by atoms with E-state index in [4.69, 9.17) is 12.2 Å². The maximum absolute atomic E-state index is 12.2. The van der Waals surface area contributed by atoms with Crippen LogP contribution >= 0.6 is 0 Å². The fraction of sp³-hybridized carbons (Fsp3) is 0.385. The fourth-order valence-electron chi connectivity index (χ4n) is 1.54. The number of rotatable bonds is 5. The molecule has 1 amide bonds. The molecule has 1 aromatic heterocycles. The van der Waals surface area contributed by atoms with Crippen LogP contribution in [0.4, 0.5) is 0 Å². The first kappa shape index (κ1) is 13.2. The summed E-state index contributed by atoms with van der Waals surface area (Å²) in [5.41, 5.74) is 6.78. The average molecular weight is 231 g/mol. The normalized spacial score (nSPS) is 9.71. The minimum Gasteiger partial charge on any atom is -0.328 e. The monoisotopic (exact) mass is 231 g/mol. The number of amides is 1. The highest BCUT2D eigenvalue weighted by atomic mass is 16.2. The molecule has 2 N–H and O–H groups in total. The molecule has 0 radical (unpaired) electrons. The molecule has 0 bridgehead atoms. The van der Waals surface area contributed by atoms with E-state index < -0.39 is 0 Å². The van der Waals surface area contributed by atoms with E-state index >= 15 is 0 Å². The molecule has 4 heteroatoms. The molecule has 1 rings (SSSR count). The fourth-order valence-corrected chi connectivity index (χ4v) is 1.54. The third-order valence-corrected chi connectivity index (χ3v) is 2.34. The summed E-state index contributed by atoms with van der Waals surface area (Å²) >= 11 is 0. The van der Waals surface area contributed by atoms with Crippen LogP contribution in [0, 0.1) is 12.3 Å². The van der Waals surface area contributed by atoms with Crippen molar-refractivity contribution in [1.82, 2.24) is 9.88 Å². The summed E-state index contributed by atoms with van der Waals surface area (Å²) in [6.07, 6.45) is 7.73. The Morgan fingerprint density at radius 2 is 2.41 bits per heavy atom. The number of terminal acetylenes is 1. The zero-order valence-corrected chi connectivity index (χ0v) is 10.0. The van der Waals surface area contributed by atoms with Gasteiger partial charge < -0.3 is 10.6 Å². The largest absolute Gasteiger partial charge is 0.328 e. The van der Waals surface area contributed by atoms with Gasteiger partial charge in [0, 0.05) is 24.8 Å². The van der Waals surface area contributed by atoms with E-state index in [1.807, 2.05) is 6.92 Å². The van der Waals surface area contributed by atoms with Crippen molar-refractivity contribution in [3.63, 3.8) is 0 Å². The molecule has 4 nitrogen and oxygen atoms in total. The second-order valence-electron chi connectivity index (χ2n) is 3.67. The van der Waals surface area contributed by atoms with Crippen LogP contribution in [-0.2, 0) is 6.54 Å². The van der Waals surface area contributed by atoms with Crippen molar-refractivity contribution in [3.05, 3.63) is 29.6 Å². The number of aromatic nitrogens is 1. The zero-order chi connectivity index (χ0) is 12.7. The molecule has 1 heterocycles. The number of pyridine rings is 1. The van der Waals surface area contributed by atoms with Crippen molar-refractivity contribution >= 4 is 5.91 Å². The Balaban J connectivity index is 2.88. The van der Waals surface area contributed by atoms with Crippen molar-refractivity contribution in [2.75, 3.05) is 13.1 Å². The molecular weight excluding hydrogens is 214 g/mol. The molecule has 0 saturated heterocycles. The molecule has 0 atom stereocenters. The molecule has 0 spiro atoms. The van der Waals surface area contributed by atoms with Crippen molar-refractivity contribution in [3.8, 4) is 12.3 Å². The van der Waals surface area contributed by atoms with Crippen LogP contribution in [0.2, 0.25) is 0 Å². The Kier molecular flexibility index (Phi) is 5.18. The topological polar surface area (TPSA) is 59.2 Å². The molecule has 17 heavy (non-hydrogen) atoms. The summed E-state index contributed by atoms with van der Waals surface area (Å²) in [7, 11) is 0. The van der Waals surface area contributed by atoms with Gasteiger partial charge in [0.2, 0.25) is 0 Å². The van der Waals surface area contributed by atoms with Gasteiger partial charge in [-0.25, -0.2) is 0 Å². The van der Waals surface area contributed by atoms with Gasteiger partial charge >= 0.3 is 0 Å². The van der Waals surface area contributed by atoms with Gasteiger partial charge in [-0.1, -0.05) is 12.8 Å². The highest BCUT2D eigenvalue weighted by molar-refractivity contribution is 5.94. The standard InChI is InChI=1S/C13H17N3O/c1-3-7-16(8-4-2)13(17)11-5-6-15-12(9-11)10-14/h1,5-6,9H,4,7-8,10,14H2,2H3. The smallest absolute Gasteiger partial charge is 0.254 e. The van der Waals surface area contributed by atoms with Crippen molar-refractivity contribution in [2.45, 2.75) is 19.9 Å². The summed E-state index contributed by atoms with van der Waals surface area (Å²) in [6, 6.07) is 3.39. The van der Waals surface area contributed by atoms with Crippen LogP contribution in [0.3, 0.4) is 0 Å². The lowest BCUT2D eigenvalue weighted by Crippen LogP contribution is -2.32. The zero-order valence-electron chi connectivity index (χ0n) is 10.0. The van der Waals surface area contributed by atoms with Crippen molar-refractivity contribution in [2.24, 2.45) is 5.73 Å². The highest BCUT2D eigenvalue weighted by Gasteiger charge is 2.14. The lowest BCUT2D eigenvalue weighted by molar-refractivity contribution is 0.0776. The van der Waals surface area contributed by atoms with Crippen LogP contribution in [0.5, 0.6) is 0 Å². The number of hydrogen-bond acceptors (Lipinski definition) is 3. The maximum Gasteiger partial charge on any atom is 0.254 e. The summed E-state index contributed by atoms with van der Waals surface area (Å²) in [4.78, 5) is 17.9. The van der Waals surface area contributed by atoms with E-state index in [2.05, 4.69) is 10.9 Å². The first-order valence-corrected chi connectivity index (χ1v) is 5.60. The van der Waals surface area contributed by atoms with Crippen LogP contribution in [-0.4, -0.2) is 28.9 Å². The van der Waals surface area contributed by atoms with E-state index in [0.717, 1.165) is 6.42 Å². The van der Waals surface area contributed by atoms with Gasteiger partial charge in [-0.15, -0.1) is 6.42 Å². The first-order chi connectivity index (χ1) is 8.22. The highest BCUT2D eigenvalue weighted by Crippen LogP contribution is 2.06. The predicted octanol–water partition coefficient (Wildman–Crippen LogP) is 1.03. The van der Waals surface area contributed by atoms with E-state index in [-0.39, 0.29) is 5.91 Å². The molecule has 0 aromatic carbocycles. The number of carbonyl (C=O) groups is 1. The molecular formula is C13H17N3O. The Labute approximate surface area is 102 Å². The second-order valence-corrected chi connectivity index (χ2v) is 3.67. The molecule has 0 fully saturated rings. The van der Waals surface area contributed by atoms with E-state index in [0.29, 0.717) is 30.9 Å². The molecule has 90 valence electrons. The average Bonchev–Trinajstić information content (AvgIpc) is 2.38. The van der Waals surface area contributed by atoms with E-state index in [1.54, 1.807) is 23.2 Å². The van der Waals surface area contributed by atoms with Crippen molar-refractivity contribution in [1.29, 1.82) is 0 Å². The van der Waals surface area contributed by atoms with Crippen LogP contribution in [0.1, 0.15) is 29.4 Å². The Hall–Kier alpha value is -1.86. The first-order valence-electron chi connectivity index (χ1n) is 5.60. The minimum atomic E-state index is -0.0677. The van der Waals surface area contributed by atoms with Gasteiger partial charge in [0.1, 0.15) is 0 Å². The Morgan fingerprint density at radius 1 is 1.65 bits per heavy atom. The predicted molar refractivity (Wildman–Crippen MR) is 67.2 cm³/mol. The molecule has 0 aliphatic rings. The van der Waals surface area contributed by atoms with Crippen LogP contribution in [0.15, 0.2) is 18.3 Å². The third-order valence-electron chi connectivity index (χ3n) is 2.34.